The molecular formula is C16H19ClN4O. The highest BCUT2D eigenvalue weighted by Crippen LogP contribution is 2.24. The van der Waals surface area contributed by atoms with Gasteiger partial charge in [0, 0.05) is 37.6 Å². The molecule has 2 aromatic rings. The summed E-state index contributed by atoms with van der Waals surface area (Å²) in [6, 6.07) is 3.59. The fourth-order valence-corrected chi connectivity index (χ4v) is 2.78. The number of halogens is 1. The van der Waals surface area contributed by atoms with Gasteiger partial charge in [0.2, 0.25) is 11.8 Å². The molecule has 5 nitrogen and oxygen atoms in total. The molecule has 1 aliphatic heterocycles. The van der Waals surface area contributed by atoms with E-state index in [0.29, 0.717) is 23.4 Å². The summed E-state index contributed by atoms with van der Waals surface area (Å²) in [7, 11) is 0. The zero-order valence-electron chi connectivity index (χ0n) is 12.6. The lowest BCUT2D eigenvalue weighted by Crippen LogP contribution is -2.38. The number of hydrogen-bond donors (Lipinski definition) is 0. The van der Waals surface area contributed by atoms with Gasteiger partial charge in [0.25, 0.3) is 0 Å². The summed E-state index contributed by atoms with van der Waals surface area (Å²) >= 11 is 6.06. The zero-order chi connectivity index (χ0) is 15.4. The normalized spacial score (nSPS) is 18.3. The van der Waals surface area contributed by atoms with Crippen molar-refractivity contribution in [2.75, 3.05) is 24.6 Å². The molecule has 0 saturated carbocycles. The van der Waals surface area contributed by atoms with Crippen molar-refractivity contribution in [3.05, 3.63) is 41.3 Å². The van der Waals surface area contributed by atoms with E-state index in [2.05, 4.69) is 19.9 Å². The SMILES string of the molecule is Cc1cnc(N2CCCC(COc3ncccc3Cl)C2)nc1. The molecule has 1 fully saturated rings. The summed E-state index contributed by atoms with van der Waals surface area (Å²) < 4.78 is 5.77. The van der Waals surface area contributed by atoms with Crippen molar-refractivity contribution in [3.8, 4) is 5.88 Å². The maximum Gasteiger partial charge on any atom is 0.232 e. The van der Waals surface area contributed by atoms with Gasteiger partial charge < -0.3 is 9.64 Å². The van der Waals surface area contributed by atoms with Crippen LogP contribution in [0, 0.1) is 12.8 Å². The molecule has 22 heavy (non-hydrogen) atoms. The van der Waals surface area contributed by atoms with Crippen LogP contribution in [0.5, 0.6) is 5.88 Å². The minimum atomic E-state index is 0.428. The Bertz CT molecular complexity index is 620. The topological polar surface area (TPSA) is 51.1 Å². The first-order valence-corrected chi connectivity index (χ1v) is 7.87. The first-order chi connectivity index (χ1) is 10.7. The molecule has 0 spiro atoms. The third-order valence-corrected chi connectivity index (χ3v) is 4.04. The molecule has 1 atom stereocenters. The fourth-order valence-electron chi connectivity index (χ4n) is 2.61. The Morgan fingerprint density at radius 2 is 2.14 bits per heavy atom. The van der Waals surface area contributed by atoms with Crippen LogP contribution in [0.15, 0.2) is 30.7 Å². The number of pyridine rings is 1. The van der Waals surface area contributed by atoms with Gasteiger partial charge in [-0.25, -0.2) is 15.0 Å². The van der Waals surface area contributed by atoms with E-state index >= 15 is 0 Å². The molecule has 3 rings (SSSR count). The number of aryl methyl sites for hydroxylation is 1. The standard InChI is InChI=1S/C16H19ClN4O/c1-12-8-19-16(20-9-12)21-7-3-4-13(10-21)11-22-15-14(17)5-2-6-18-15/h2,5-6,8-9,13H,3-4,7,10-11H2,1H3. The van der Waals surface area contributed by atoms with E-state index in [1.165, 1.54) is 0 Å². The van der Waals surface area contributed by atoms with Crippen LogP contribution in [0.1, 0.15) is 18.4 Å². The highest BCUT2D eigenvalue weighted by molar-refractivity contribution is 6.31. The van der Waals surface area contributed by atoms with Crippen LogP contribution in [-0.2, 0) is 0 Å². The zero-order valence-corrected chi connectivity index (χ0v) is 13.3. The van der Waals surface area contributed by atoms with Gasteiger partial charge in [-0.2, -0.15) is 0 Å². The minimum Gasteiger partial charge on any atom is -0.476 e. The van der Waals surface area contributed by atoms with E-state index < -0.39 is 0 Å². The van der Waals surface area contributed by atoms with E-state index in [9.17, 15) is 0 Å². The van der Waals surface area contributed by atoms with E-state index in [1.54, 1.807) is 18.3 Å². The van der Waals surface area contributed by atoms with Crippen LogP contribution < -0.4 is 9.64 Å². The van der Waals surface area contributed by atoms with Crippen LogP contribution in [0.4, 0.5) is 5.95 Å². The molecule has 0 aliphatic carbocycles. The molecule has 3 heterocycles. The maximum atomic E-state index is 6.06. The molecule has 1 unspecified atom stereocenters. The Morgan fingerprint density at radius 3 is 2.91 bits per heavy atom. The molecule has 6 heteroatoms. The van der Waals surface area contributed by atoms with Crippen LogP contribution in [-0.4, -0.2) is 34.6 Å². The first kappa shape index (κ1) is 15.0. The highest BCUT2D eigenvalue weighted by Gasteiger charge is 2.22. The van der Waals surface area contributed by atoms with Crippen molar-refractivity contribution in [3.63, 3.8) is 0 Å². The molecule has 1 saturated heterocycles. The second-order valence-corrected chi connectivity index (χ2v) is 6.02. The number of aromatic nitrogens is 3. The van der Waals surface area contributed by atoms with Crippen molar-refractivity contribution in [1.29, 1.82) is 0 Å². The van der Waals surface area contributed by atoms with Crippen molar-refractivity contribution in [1.82, 2.24) is 15.0 Å². The van der Waals surface area contributed by atoms with Gasteiger partial charge >= 0.3 is 0 Å². The summed E-state index contributed by atoms with van der Waals surface area (Å²) in [5.74, 6) is 1.73. The summed E-state index contributed by atoms with van der Waals surface area (Å²) in [4.78, 5) is 15.2. The molecule has 0 amide bonds. The largest absolute Gasteiger partial charge is 0.476 e. The molecule has 0 aromatic carbocycles. The number of piperidine rings is 1. The van der Waals surface area contributed by atoms with E-state index in [0.717, 1.165) is 37.4 Å². The lowest BCUT2D eigenvalue weighted by Gasteiger charge is -2.32. The third-order valence-electron chi connectivity index (χ3n) is 3.75. The number of hydrogen-bond acceptors (Lipinski definition) is 5. The Balaban J connectivity index is 1.59. The Kier molecular flexibility index (Phi) is 4.73. The number of rotatable bonds is 4. The summed E-state index contributed by atoms with van der Waals surface area (Å²) in [6.45, 7) is 4.49. The second kappa shape index (κ2) is 6.92. The second-order valence-electron chi connectivity index (χ2n) is 5.62. The van der Waals surface area contributed by atoms with E-state index in [4.69, 9.17) is 16.3 Å². The highest BCUT2D eigenvalue weighted by atomic mass is 35.5. The Morgan fingerprint density at radius 1 is 1.32 bits per heavy atom. The van der Waals surface area contributed by atoms with Crippen molar-refractivity contribution < 1.29 is 4.74 Å². The smallest absolute Gasteiger partial charge is 0.232 e. The van der Waals surface area contributed by atoms with Crippen LogP contribution >= 0.6 is 11.6 Å². The van der Waals surface area contributed by atoms with Crippen molar-refractivity contribution in [2.45, 2.75) is 19.8 Å². The molecule has 2 aromatic heterocycles. The molecule has 116 valence electrons. The lowest BCUT2D eigenvalue weighted by molar-refractivity contribution is 0.221. The Hall–Kier alpha value is -1.88. The summed E-state index contributed by atoms with van der Waals surface area (Å²) in [5, 5.41) is 0.553. The van der Waals surface area contributed by atoms with Crippen LogP contribution in [0.2, 0.25) is 5.02 Å². The van der Waals surface area contributed by atoms with Gasteiger partial charge in [-0.1, -0.05) is 11.6 Å². The van der Waals surface area contributed by atoms with Gasteiger partial charge in [0.05, 0.1) is 6.61 Å². The van der Waals surface area contributed by atoms with Gasteiger partial charge in [-0.05, 0) is 37.5 Å². The number of ether oxygens (including phenoxy) is 1. The fraction of sp³-hybridized carbons (Fsp3) is 0.438. The van der Waals surface area contributed by atoms with Gasteiger partial charge in [-0.15, -0.1) is 0 Å². The molecule has 0 bridgehead atoms. The van der Waals surface area contributed by atoms with Crippen molar-refractivity contribution >= 4 is 17.5 Å². The Labute approximate surface area is 135 Å². The molecular weight excluding hydrogens is 300 g/mol. The van der Waals surface area contributed by atoms with Crippen LogP contribution in [0.25, 0.3) is 0 Å². The predicted octanol–water partition coefficient (Wildman–Crippen LogP) is 3.13. The van der Waals surface area contributed by atoms with Crippen molar-refractivity contribution in [2.24, 2.45) is 5.92 Å². The quantitative estimate of drug-likeness (QED) is 0.867. The predicted molar refractivity (Wildman–Crippen MR) is 86.4 cm³/mol. The minimum absolute atomic E-state index is 0.428. The average Bonchev–Trinajstić information content (AvgIpc) is 2.55. The van der Waals surface area contributed by atoms with E-state index in [1.807, 2.05) is 19.3 Å². The van der Waals surface area contributed by atoms with Gasteiger partial charge in [0.15, 0.2) is 0 Å². The van der Waals surface area contributed by atoms with Gasteiger partial charge in [-0.3, -0.25) is 0 Å². The van der Waals surface area contributed by atoms with Gasteiger partial charge in [0.1, 0.15) is 5.02 Å². The molecule has 0 N–H and O–H groups in total. The third kappa shape index (κ3) is 3.65. The molecule has 1 aliphatic rings. The monoisotopic (exact) mass is 318 g/mol. The number of anilines is 1. The summed E-state index contributed by atoms with van der Waals surface area (Å²) in [6.07, 6.45) is 7.65. The molecule has 0 radical (unpaired) electrons. The van der Waals surface area contributed by atoms with E-state index in [-0.39, 0.29) is 0 Å². The maximum absolute atomic E-state index is 6.06. The summed E-state index contributed by atoms with van der Waals surface area (Å²) in [5.41, 5.74) is 1.07. The average molecular weight is 319 g/mol. The van der Waals surface area contributed by atoms with Crippen LogP contribution in [0.3, 0.4) is 0 Å². The lowest BCUT2D eigenvalue weighted by atomic mass is 9.99. The first-order valence-electron chi connectivity index (χ1n) is 7.49. The number of nitrogens with zero attached hydrogens (tertiary/aromatic N) is 4.